The third-order valence-electron chi connectivity index (χ3n) is 9.38. The second-order valence-corrected chi connectivity index (χ2v) is 13.8. The monoisotopic (exact) mass is 638 g/mol. The van der Waals surface area contributed by atoms with Crippen LogP contribution in [-0.2, 0) is 4.79 Å². The summed E-state index contributed by atoms with van der Waals surface area (Å²) in [6.45, 7) is 4.22. The number of allylic oxidation sites excluding steroid dienone is 2. The normalized spacial score (nSPS) is 13.8. The molecular weight excluding hydrogens is 558 g/mol. The quantitative estimate of drug-likeness (QED) is 0.0406. The summed E-state index contributed by atoms with van der Waals surface area (Å²) in [5.74, 6) is -0.475. The third kappa shape index (κ3) is 31.5. The van der Waals surface area contributed by atoms with Crippen LogP contribution in [0.3, 0.4) is 0 Å². The van der Waals surface area contributed by atoms with E-state index < -0.39 is 24.2 Å². The lowest BCUT2D eigenvalue weighted by Gasteiger charge is -2.23. The summed E-state index contributed by atoms with van der Waals surface area (Å²) < 4.78 is 0. The maximum atomic E-state index is 12.4. The summed E-state index contributed by atoms with van der Waals surface area (Å²) in [7, 11) is 0. The fourth-order valence-electron chi connectivity index (χ4n) is 6.18. The number of aliphatic hydroxyl groups is 3. The lowest BCUT2D eigenvalue weighted by Crippen LogP contribution is -2.49. The van der Waals surface area contributed by atoms with E-state index in [4.69, 9.17) is 0 Å². The van der Waals surface area contributed by atoms with E-state index in [9.17, 15) is 20.1 Å². The Labute approximate surface area is 280 Å². The second-order valence-electron chi connectivity index (χ2n) is 13.8. The first-order valence-corrected chi connectivity index (χ1v) is 20.0. The number of carbonyl (C=O) groups is 1. The Balaban J connectivity index is 3.64. The number of nitrogens with one attached hydrogen (secondary N) is 1. The van der Waals surface area contributed by atoms with E-state index in [2.05, 4.69) is 31.3 Å². The van der Waals surface area contributed by atoms with Gasteiger partial charge in [0.1, 0.15) is 6.10 Å². The molecule has 3 unspecified atom stereocenters. The van der Waals surface area contributed by atoms with Gasteiger partial charge in [0.05, 0.1) is 18.8 Å². The van der Waals surface area contributed by atoms with Gasteiger partial charge in [-0.15, -0.1) is 0 Å². The molecule has 0 radical (unpaired) electrons. The van der Waals surface area contributed by atoms with Crippen LogP contribution in [0.15, 0.2) is 12.2 Å². The minimum atomic E-state index is -1.08. The molecule has 1 amide bonds. The largest absolute Gasteiger partial charge is 0.394 e. The van der Waals surface area contributed by atoms with Gasteiger partial charge >= 0.3 is 0 Å². The number of rotatable bonds is 36. The molecule has 0 heterocycles. The summed E-state index contributed by atoms with van der Waals surface area (Å²) in [5.41, 5.74) is 0. The van der Waals surface area contributed by atoms with Crippen molar-refractivity contribution in [2.24, 2.45) is 0 Å². The molecule has 5 heteroatoms. The topological polar surface area (TPSA) is 89.8 Å². The van der Waals surface area contributed by atoms with Crippen molar-refractivity contribution >= 4 is 5.91 Å². The number of hydrogen-bond donors (Lipinski definition) is 4. The number of hydrogen-bond acceptors (Lipinski definition) is 4. The van der Waals surface area contributed by atoms with Crippen molar-refractivity contribution in [3.8, 4) is 0 Å². The van der Waals surface area contributed by atoms with E-state index in [-0.39, 0.29) is 6.61 Å². The molecule has 0 saturated heterocycles. The molecule has 0 fully saturated rings. The molecular formula is C40H79NO4. The van der Waals surface area contributed by atoms with Crippen LogP contribution in [0.5, 0.6) is 0 Å². The Morgan fingerprint density at radius 1 is 0.511 bits per heavy atom. The molecule has 45 heavy (non-hydrogen) atoms. The van der Waals surface area contributed by atoms with Gasteiger partial charge in [-0.05, 0) is 38.5 Å². The molecule has 4 N–H and O–H groups in total. The molecule has 0 aliphatic rings. The zero-order valence-corrected chi connectivity index (χ0v) is 30.3. The van der Waals surface area contributed by atoms with Crippen molar-refractivity contribution in [1.29, 1.82) is 0 Å². The van der Waals surface area contributed by atoms with Gasteiger partial charge in [0, 0.05) is 0 Å². The third-order valence-corrected chi connectivity index (χ3v) is 9.38. The Morgan fingerprint density at radius 2 is 0.844 bits per heavy atom. The van der Waals surface area contributed by atoms with Crippen molar-refractivity contribution in [2.75, 3.05) is 6.61 Å². The van der Waals surface area contributed by atoms with E-state index >= 15 is 0 Å². The molecule has 0 rings (SSSR count). The Kier molecular flexibility index (Phi) is 35.2. The molecule has 0 bridgehead atoms. The molecule has 0 aliphatic heterocycles. The SMILES string of the molecule is CCCCCCCCCCC/C=C\CCCCCCCCC(O)C(=O)NC(CO)C(O)CCCCCCCCCCCCCC. The van der Waals surface area contributed by atoms with E-state index in [1.165, 1.54) is 154 Å². The Bertz CT molecular complexity index is 625. The molecule has 268 valence electrons. The van der Waals surface area contributed by atoms with Crippen molar-refractivity contribution in [3.05, 3.63) is 12.2 Å². The number of aliphatic hydroxyl groups excluding tert-OH is 3. The maximum absolute atomic E-state index is 12.4. The highest BCUT2D eigenvalue weighted by atomic mass is 16.3. The summed E-state index contributed by atoms with van der Waals surface area (Å²) in [5, 5.41) is 33.2. The first-order chi connectivity index (χ1) is 22.1. The lowest BCUT2D eigenvalue weighted by molar-refractivity contribution is -0.131. The highest BCUT2D eigenvalue weighted by Gasteiger charge is 2.23. The molecule has 0 aromatic heterocycles. The standard InChI is InChI=1S/C40H79NO4/c1-3-5-7-9-11-13-15-17-18-19-20-21-22-23-25-27-29-31-33-35-39(44)40(45)41-37(36-42)38(43)34-32-30-28-26-24-16-14-12-10-8-6-4-2/h20-21,37-39,42-44H,3-19,22-36H2,1-2H3,(H,41,45)/b21-20-. The van der Waals surface area contributed by atoms with Crippen molar-refractivity contribution < 1.29 is 20.1 Å². The van der Waals surface area contributed by atoms with Crippen LogP contribution in [0.25, 0.3) is 0 Å². The van der Waals surface area contributed by atoms with Gasteiger partial charge < -0.3 is 20.6 Å². The minimum absolute atomic E-state index is 0.313. The summed E-state index contributed by atoms with van der Waals surface area (Å²) >= 11 is 0. The fraction of sp³-hybridized carbons (Fsp3) is 0.925. The van der Waals surface area contributed by atoms with Crippen LogP contribution in [0.4, 0.5) is 0 Å². The van der Waals surface area contributed by atoms with Crippen LogP contribution in [0.2, 0.25) is 0 Å². The van der Waals surface area contributed by atoms with Crippen molar-refractivity contribution in [3.63, 3.8) is 0 Å². The first-order valence-electron chi connectivity index (χ1n) is 20.0. The number of carbonyl (C=O) groups excluding carboxylic acids is 1. The van der Waals surface area contributed by atoms with Gasteiger partial charge in [-0.2, -0.15) is 0 Å². The van der Waals surface area contributed by atoms with Crippen LogP contribution >= 0.6 is 0 Å². The average Bonchev–Trinajstić information content (AvgIpc) is 3.04. The minimum Gasteiger partial charge on any atom is -0.394 e. The average molecular weight is 638 g/mol. The molecule has 0 spiro atoms. The predicted octanol–water partition coefficient (Wildman–Crippen LogP) is 10.9. The predicted molar refractivity (Wildman–Crippen MR) is 195 cm³/mol. The van der Waals surface area contributed by atoms with Gasteiger partial charge in [0.25, 0.3) is 0 Å². The van der Waals surface area contributed by atoms with Crippen molar-refractivity contribution in [1.82, 2.24) is 5.32 Å². The number of unbranched alkanes of at least 4 members (excludes halogenated alkanes) is 26. The van der Waals surface area contributed by atoms with E-state index in [0.717, 1.165) is 32.1 Å². The summed E-state index contributed by atoms with van der Waals surface area (Å²) in [6, 6.07) is -0.709. The molecule has 5 nitrogen and oxygen atoms in total. The van der Waals surface area contributed by atoms with Gasteiger partial charge in [-0.1, -0.05) is 187 Å². The fourth-order valence-corrected chi connectivity index (χ4v) is 6.18. The lowest BCUT2D eigenvalue weighted by atomic mass is 10.0. The summed E-state index contributed by atoms with van der Waals surface area (Å²) in [6.07, 6.45) is 40.6. The summed E-state index contributed by atoms with van der Waals surface area (Å²) in [4.78, 5) is 12.4. The Hall–Kier alpha value is -0.910. The highest BCUT2D eigenvalue weighted by Crippen LogP contribution is 2.15. The van der Waals surface area contributed by atoms with Crippen LogP contribution < -0.4 is 5.32 Å². The second kappa shape index (κ2) is 35.9. The van der Waals surface area contributed by atoms with E-state index in [1.54, 1.807) is 0 Å². The molecule has 0 aromatic rings. The maximum Gasteiger partial charge on any atom is 0.249 e. The van der Waals surface area contributed by atoms with Crippen LogP contribution in [-0.4, -0.2) is 46.1 Å². The van der Waals surface area contributed by atoms with Gasteiger partial charge in [0.15, 0.2) is 0 Å². The molecule has 0 saturated carbocycles. The Morgan fingerprint density at radius 3 is 1.22 bits per heavy atom. The van der Waals surface area contributed by atoms with Gasteiger partial charge in [0.2, 0.25) is 5.91 Å². The molecule has 0 aromatic carbocycles. The van der Waals surface area contributed by atoms with Gasteiger partial charge in [-0.3, -0.25) is 4.79 Å². The highest BCUT2D eigenvalue weighted by molar-refractivity contribution is 5.80. The van der Waals surface area contributed by atoms with Crippen LogP contribution in [0.1, 0.15) is 213 Å². The zero-order chi connectivity index (χ0) is 33.1. The zero-order valence-electron chi connectivity index (χ0n) is 30.3. The molecule has 3 atom stereocenters. The first kappa shape index (κ1) is 44.1. The van der Waals surface area contributed by atoms with Crippen LogP contribution in [0, 0.1) is 0 Å². The number of amides is 1. The van der Waals surface area contributed by atoms with E-state index in [0.29, 0.717) is 12.8 Å². The van der Waals surface area contributed by atoms with Gasteiger partial charge in [-0.25, -0.2) is 0 Å². The molecule has 0 aliphatic carbocycles. The van der Waals surface area contributed by atoms with E-state index in [1.807, 2.05) is 0 Å². The smallest absolute Gasteiger partial charge is 0.249 e. The van der Waals surface area contributed by atoms with Crippen molar-refractivity contribution in [2.45, 2.75) is 231 Å².